The van der Waals surface area contributed by atoms with E-state index in [-0.39, 0.29) is 24.1 Å². The van der Waals surface area contributed by atoms with Gasteiger partial charge in [-0.15, -0.1) is 12.4 Å². The van der Waals surface area contributed by atoms with Crippen molar-refractivity contribution in [1.82, 2.24) is 19.9 Å². The van der Waals surface area contributed by atoms with E-state index in [1.807, 2.05) is 37.3 Å². The van der Waals surface area contributed by atoms with Gasteiger partial charge in [0.1, 0.15) is 0 Å². The molecule has 0 amide bonds. The van der Waals surface area contributed by atoms with Gasteiger partial charge < -0.3 is 10.3 Å². The van der Waals surface area contributed by atoms with Crippen molar-refractivity contribution in [1.29, 1.82) is 0 Å². The summed E-state index contributed by atoms with van der Waals surface area (Å²) in [4.78, 5) is 17.3. The molecule has 0 radical (unpaired) electrons. The van der Waals surface area contributed by atoms with Crippen LogP contribution in [0.15, 0.2) is 34.9 Å². The Labute approximate surface area is 163 Å². The Balaban J connectivity index is 0.00000210. The normalized spacial score (nSPS) is 15.5. The van der Waals surface area contributed by atoms with E-state index in [9.17, 15) is 4.79 Å². The fourth-order valence-electron chi connectivity index (χ4n) is 3.65. The van der Waals surface area contributed by atoms with E-state index in [4.69, 9.17) is 10.3 Å². The number of ketones is 1. The van der Waals surface area contributed by atoms with Gasteiger partial charge in [0.15, 0.2) is 5.82 Å². The lowest BCUT2D eigenvalue weighted by Crippen LogP contribution is -2.34. The molecular formula is C19H22ClN5O2. The number of aryl methyl sites for hydroxylation is 1. The summed E-state index contributed by atoms with van der Waals surface area (Å²) in [6.07, 6.45) is 3.70. The third kappa shape index (κ3) is 3.28. The Morgan fingerprint density at radius 1 is 1.19 bits per heavy atom. The molecule has 0 unspecified atom stereocenters. The number of rotatable bonds is 4. The molecule has 2 aromatic heterocycles. The molecule has 1 saturated carbocycles. The minimum Gasteiger partial charge on any atom is -0.330 e. The molecule has 1 fully saturated rings. The van der Waals surface area contributed by atoms with Gasteiger partial charge in [0.05, 0.1) is 28.2 Å². The fraction of sp³-hybridized carbons (Fsp3) is 0.368. The van der Waals surface area contributed by atoms with Crippen molar-refractivity contribution in [3.05, 3.63) is 59.0 Å². The zero-order chi connectivity index (χ0) is 18.3. The molecule has 1 aliphatic rings. The maximum atomic E-state index is 13.0. The maximum Gasteiger partial charge on any atom is 0.299 e. The Morgan fingerprint density at radius 3 is 2.52 bits per heavy atom. The van der Waals surface area contributed by atoms with Gasteiger partial charge in [-0.25, -0.2) is 4.68 Å². The largest absolute Gasteiger partial charge is 0.330 e. The Bertz CT molecular complexity index is 958. The summed E-state index contributed by atoms with van der Waals surface area (Å²) in [5.74, 6) is 0.0715. The van der Waals surface area contributed by atoms with Crippen LogP contribution in [-0.4, -0.2) is 25.7 Å². The highest BCUT2D eigenvalue weighted by Crippen LogP contribution is 2.34. The summed E-state index contributed by atoms with van der Waals surface area (Å²) in [5, 5.41) is 8.49. The van der Waals surface area contributed by atoms with E-state index in [1.165, 1.54) is 0 Å². The summed E-state index contributed by atoms with van der Waals surface area (Å²) in [6, 6.07) is 9.68. The summed E-state index contributed by atoms with van der Waals surface area (Å²) in [6.45, 7) is 3.66. The number of nitrogens with two attached hydrogens (primary N) is 1. The average molecular weight is 388 g/mol. The van der Waals surface area contributed by atoms with Crippen LogP contribution in [-0.2, 0) is 5.54 Å². The van der Waals surface area contributed by atoms with E-state index in [1.54, 1.807) is 11.6 Å². The highest BCUT2D eigenvalue weighted by atomic mass is 35.5. The van der Waals surface area contributed by atoms with Crippen LogP contribution in [0.1, 0.15) is 59.1 Å². The van der Waals surface area contributed by atoms with Crippen LogP contribution < -0.4 is 5.73 Å². The number of hydrogen-bond acceptors (Lipinski definition) is 6. The molecule has 142 valence electrons. The summed E-state index contributed by atoms with van der Waals surface area (Å²) in [5.41, 5.74) is 8.52. The first-order valence-corrected chi connectivity index (χ1v) is 8.79. The molecule has 0 atom stereocenters. The zero-order valence-corrected chi connectivity index (χ0v) is 16.1. The first-order valence-electron chi connectivity index (χ1n) is 8.79. The molecule has 0 spiro atoms. The van der Waals surface area contributed by atoms with E-state index in [0.29, 0.717) is 17.1 Å². The minimum atomic E-state index is -0.583. The zero-order valence-electron chi connectivity index (χ0n) is 15.3. The van der Waals surface area contributed by atoms with Gasteiger partial charge >= 0.3 is 0 Å². The minimum absolute atomic E-state index is 0. The highest BCUT2D eigenvalue weighted by molar-refractivity contribution is 6.07. The van der Waals surface area contributed by atoms with Gasteiger partial charge in [0, 0.05) is 0 Å². The SMILES string of the molecule is Cc1nn(-c2ccccc2)c(C)c1C(=O)c1nc(C2(N)CCCC2)no1.Cl. The topological polar surface area (TPSA) is 99.8 Å². The molecule has 2 heterocycles. The van der Waals surface area contributed by atoms with Crippen LogP contribution in [0.5, 0.6) is 0 Å². The van der Waals surface area contributed by atoms with Gasteiger partial charge in [-0.1, -0.05) is 36.2 Å². The van der Waals surface area contributed by atoms with Crippen molar-refractivity contribution in [3.63, 3.8) is 0 Å². The second kappa shape index (κ2) is 7.25. The predicted octanol–water partition coefficient (Wildman–Crippen LogP) is 3.25. The van der Waals surface area contributed by atoms with Crippen LogP contribution in [0, 0.1) is 13.8 Å². The van der Waals surface area contributed by atoms with E-state index in [2.05, 4.69) is 15.2 Å². The van der Waals surface area contributed by atoms with Gasteiger partial charge in [0.2, 0.25) is 0 Å². The number of carbonyl (C=O) groups is 1. The number of halogens is 1. The molecule has 0 bridgehead atoms. The van der Waals surface area contributed by atoms with Gasteiger partial charge in [-0.2, -0.15) is 10.1 Å². The van der Waals surface area contributed by atoms with Crippen LogP contribution in [0.3, 0.4) is 0 Å². The first-order chi connectivity index (χ1) is 12.5. The molecule has 27 heavy (non-hydrogen) atoms. The van der Waals surface area contributed by atoms with E-state index < -0.39 is 5.54 Å². The van der Waals surface area contributed by atoms with Gasteiger partial charge in [-0.05, 0) is 38.8 Å². The summed E-state index contributed by atoms with van der Waals surface area (Å²) < 4.78 is 7.01. The molecule has 1 aromatic carbocycles. The van der Waals surface area contributed by atoms with Crippen molar-refractivity contribution in [2.45, 2.75) is 45.1 Å². The lowest BCUT2D eigenvalue weighted by molar-refractivity contribution is 0.0992. The molecule has 4 rings (SSSR count). The lowest BCUT2D eigenvalue weighted by Gasteiger charge is -2.17. The molecule has 0 aliphatic heterocycles. The van der Waals surface area contributed by atoms with Gasteiger partial charge in [0.25, 0.3) is 11.7 Å². The molecule has 0 saturated heterocycles. The smallest absolute Gasteiger partial charge is 0.299 e. The fourth-order valence-corrected chi connectivity index (χ4v) is 3.65. The first kappa shape index (κ1) is 19.3. The van der Waals surface area contributed by atoms with Crippen molar-refractivity contribution < 1.29 is 9.32 Å². The third-order valence-corrected chi connectivity index (χ3v) is 5.08. The second-order valence-corrected chi connectivity index (χ2v) is 6.91. The monoisotopic (exact) mass is 387 g/mol. The van der Waals surface area contributed by atoms with E-state index in [0.717, 1.165) is 37.1 Å². The number of nitrogens with zero attached hydrogens (tertiary/aromatic N) is 4. The average Bonchev–Trinajstić information content (AvgIpc) is 3.35. The molecule has 3 aromatic rings. The standard InChI is InChI=1S/C19H21N5O2.ClH/c1-12-15(13(2)24(22-12)14-8-4-3-5-9-14)16(25)17-21-18(23-26-17)19(20)10-6-7-11-19;/h3-5,8-9H,6-7,10-11,20H2,1-2H3;1H. The van der Waals surface area contributed by atoms with Crippen LogP contribution in [0.25, 0.3) is 5.69 Å². The predicted molar refractivity (Wildman–Crippen MR) is 102 cm³/mol. The van der Waals surface area contributed by atoms with Crippen LogP contribution >= 0.6 is 12.4 Å². The van der Waals surface area contributed by atoms with Crippen molar-refractivity contribution in [2.75, 3.05) is 0 Å². The Hall–Kier alpha value is -2.51. The molecule has 7 nitrogen and oxygen atoms in total. The number of para-hydroxylation sites is 1. The lowest BCUT2D eigenvalue weighted by atomic mass is 9.98. The van der Waals surface area contributed by atoms with Crippen molar-refractivity contribution in [2.24, 2.45) is 5.73 Å². The van der Waals surface area contributed by atoms with Crippen LogP contribution in [0.4, 0.5) is 0 Å². The van der Waals surface area contributed by atoms with Crippen LogP contribution in [0.2, 0.25) is 0 Å². The number of aromatic nitrogens is 4. The maximum absolute atomic E-state index is 13.0. The summed E-state index contributed by atoms with van der Waals surface area (Å²) >= 11 is 0. The Kier molecular flexibility index (Phi) is 5.17. The number of carbonyl (C=O) groups excluding carboxylic acids is 1. The number of hydrogen-bond donors (Lipinski definition) is 1. The molecular weight excluding hydrogens is 366 g/mol. The Morgan fingerprint density at radius 2 is 1.85 bits per heavy atom. The molecule has 8 heteroatoms. The second-order valence-electron chi connectivity index (χ2n) is 6.91. The molecule has 2 N–H and O–H groups in total. The van der Waals surface area contributed by atoms with Crippen molar-refractivity contribution in [3.8, 4) is 5.69 Å². The highest BCUT2D eigenvalue weighted by Gasteiger charge is 2.37. The summed E-state index contributed by atoms with van der Waals surface area (Å²) in [7, 11) is 0. The molecule has 1 aliphatic carbocycles. The van der Waals surface area contributed by atoms with Gasteiger partial charge in [-0.3, -0.25) is 4.79 Å². The van der Waals surface area contributed by atoms with E-state index >= 15 is 0 Å². The van der Waals surface area contributed by atoms with Crippen molar-refractivity contribution >= 4 is 18.2 Å². The quantitative estimate of drug-likeness (QED) is 0.689. The third-order valence-electron chi connectivity index (χ3n) is 5.08. The number of benzene rings is 1.